The lowest BCUT2D eigenvalue weighted by Crippen LogP contribution is -2.17. The number of ether oxygens (including phenoxy) is 1. The molecular formula is C13H14BrNO2. The van der Waals surface area contributed by atoms with E-state index in [1.54, 1.807) is 19.6 Å². The zero-order valence-electron chi connectivity index (χ0n) is 9.74. The summed E-state index contributed by atoms with van der Waals surface area (Å²) in [6.45, 7) is 0. The number of furan rings is 1. The van der Waals surface area contributed by atoms with Crippen LogP contribution in [0.25, 0.3) is 0 Å². The Hall–Kier alpha value is -1.26. The fourth-order valence-electron chi connectivity index (χ4n) is 1.81. The topological polar surface area (TPSA) is 34.4 Å². The third-order valence-electron chi connectivity index (χ3n) is 2.68. The normalized spacial score (nSPS) is 12.4. The third kappa shape index (κ3) is 2.53. The Morgan fingerprint density at radius 1 is 1.35 bits per heavy atom. The maximum atomic E-state index is 5.25. The first-order valence-corrected chi connectivity index (χ1v) is 6.08. The largest absolute Gasteiger partial charge is 0.497 e. The van der Waals surface area contributed by atoms with Gasteiger partial charge in [-0.3, -0.25) is 0 Å². The second-order valence-electron chi connectivity index (χ2n) is 3.67. The number of hydrogen-bond donors (Lipinski definition) is 1. The van der Waals surface area contributed by atoms with Gasteiger partial charge in [0, 0.05) is 10.0 Å². The van der Waals surface area contributed by atoms with Crippen molar-refractivity contribution in [1.82, 2.24) is 5.32 Å². The molecule has 0 amide bonds. The molecule has 2 rings (SSSR count). The summed E-state index contributed by atoms with van der Waals surface area (Å²) in [5.41, 5.74) is 2.20. The van der Waals surface area contributed by atoms with Gasteiger partial charge in [-0.25, -0.2) is 0 Å². The van der Waals surface area contributed by atoms with Gasteiger partial charge in [-0.2, -0.15) is 0 Å². The van der Waals surface area contributed by atoms with Crippen LogP contribution in [-0.2, 0) is 0 Å². The highest BCUT2D eigenvalue weighted by Crippen LogP contribution is 2.31. The first kappa shape index (κ1) is 12.2. The van der Waals surface area contributed by atoms with Gasteiger partial charge in [0.2, 0.25) is 0 Å². The van der Waals surface area contributed by atoms with E-state index in [0.29, 0.717) is 0 Å². The molecule has 1 atom stereocenters. The molecule has 0 aliphatic heterocycles. The molecule has 1 N–H and O–H groups in total. The van der Waals surface area contributed by atoms with E-state index in [0.717, 1.165) is 21.3 Å². The molecule has 4 heteroatoms. The number of benzene rings is 1. The van der Waals surface area contributed by atoms with Crippen LogP contribution in [0.5, 0.6) is 5.75 Å². The summed E-state index contributed by atoms with van der Waals surface area (Å²) in [5.74, 6) is 0.840. The Balaban J connectivity index is 2.43. The van der Waals surface area contributed by atoms with Crippen LogP contribution in [0.1, 0.15) is 17.2 Å². The van der Waals surface area contributed by atoms with Gasteiger partial charge in [0.05, 0.1) is 25.7 Å². The van der Waals surface area contributed by atoms with Crippen molar-refractivity contribution < 1.29 is 9.15 Å². The smallest absolute Gasteiger partial charge is 0.119 e. The average molecular weight is 296 g/mol. The molecule has 0 bridgehead atoms. The SMILES string of the molecule is CNC(c1ccoc1)c1cc(OC)ccc1Br. The molecule has 0 aliphatic rings. The predicted molar refractivity (Wildman–Crippen MR) is 70.3 cm³/mol. The minimum Gasteiger partial charge on any atom is -0.497 e. The van der Waals surface area contributed by atoms with Gasteiger partial charge in [0.1, 0.15) is 5.75 Å². The zero-order chi connectivity index (χ0) is 12.3. The molecule has 3 nitrogen and oxygen atoms in total. The highest BCUT2D eigenvalue weighted by molar-refractivity contribution is 9.10. The Morgan fingerprint density at radius 3 is 2.76 bits per heavy atom. The van der Waals surface area contributed by atoms with Crippen molar-refractivity contribution in [3.8, 4) is 5.75 Å². The lowest BCUT2D eigenvalue weighted by molar-refractivity contribution is 0.413. The summed E-state index contributed by atoms with van der Waals surface area (Å²) in [5, 5.41) is 3.27. The molecule has 1 heterocycles. The van der Waals surface area contributed by atoms with Crippen molar-refractivity contribution in [3.63, 3.8) is 0 Å². The number of nitrogens with one attached hydrogen (secondary N) is 1. The van der Waals surface area contributed by atoms with Crippen molar-refractivity contribution in [2.24, 2.45) is 0 Å². The van der Waals surface area contributed by atoms with Crippen LogP contribution in [0.15, 0.2) is 45.7 Å². The lowest BCUT2D eigenvalue weighted by Gasteiger charge is -2.17. The Bertz CT molecular complexity index is 482. The van der Waals surface area contributed by atoms with Crippen LogP contribution in [0.3, 0.4) is 0 Å². The maximum absolute atomic E-state index is 5.25. The van der Waals surface area contributed by atoms with Crippen LogP contribution < -0.4 is 10.1 Å². The van der Waals surface area contributed by atoms with E-state index < -0.39 is 0 Å². The molecule has 17 heavy (non-hydrogen) atoms. The molecule has 0 aliphatic carbocycles. The van der Waals surface area contributed by atoms with Crippen molar-refractivity contribution in [3.05, 3.63) is 52.4 Å². The second-order valence-corrected chi connectivity index (χ2v) is 4.52. The van der Waals surface area contributed by atoms with Crippen molar-refractivity contribution >= 4 is 15.9 Å². The molecule has 2 aromatic rings. The van der Waals surface area contributed by atoms with Crippen LogP contribution >= 0.6 is 15.9 Å². The van der Waals surface area contributed by atoms with Crippen LogP contribution in [0, 0.1) is 0 Å². The third-order valence-corrected chi connectivity index (χ3v) is 3.40. The minimum absolute atomic E-state index is 0.0817. The lowest BCUT2D eigenvalue weighted by atomic mass is 10.0. The number of hydrogen-bond acceptors (Lipinski definition) is 3. The van der Waals surface area contributed by atoms with Gasteiger partial charge in [-0.15, -0.1) is 0 Å². The van der Waals surface area contributed by atoms with E-state index in [1.165, 1.54) is 0 Å². The zero-order valence-corrected chi connectivity index (χ0v) is 11.3. The summed E-state index contributed by atoms with van der Waals surface area (Å²) in [6, 6.07) is 7.96. The Morgan fingerprint density at radius 2 is 2.18 bits per heavy atom. The van der Waals surface area contributed by atoms with Crippen molar-refractivity contribution in [1.29, 1.82) is 0 Å². The van der Waals surface area contributed by atoms with Gasteiger partial charge in [0.15, 0.2) is 0 Å². The molecule has 90 valence electrons. The molecular weight excluding hydrogens is 282 g/mol. The molecule has 0 spiro atoms. The highest BCUT2D eigenvalue weighted by Gasteiger charge is 2.16. The van der Waals surface area contributed by atoms with E-state index in [2.05, 4.69) is 21.2 Å². The number of methoxy groups -OCH3 is 1. The monoisotopic (exact) mass is 295 g/mol. The second kappa shape index (κ2) is 5.38. The molecule has 1 unspecified atom stereocenters. The van der Waals surface area contributed by atoms with Gasteiger partial charge < -0.3 is 14.5 Å². The molecule has 0 saturated heterocycles. The quantitative estimate of drug-likeness (QED) is 0.939. The van der Waals surface area contributed by atoms with Gasteiger partial charge in [0.25, 0.3) is 0 Å². The summed E-state index contributed by atoms with van der Waals surface area (Å²) < 4.78 is 11.4. The maximum Gasteiger partial charge on any atom is 0.119 e. The van der Waals surface area contributed by atoms with Crippen molar-refractivity contribution in [2.45, 2.75) is 6.04 Å². The fraction of sp³-hybridized carbons (Fsp3) is 0.231. The molecule has 0 radical (unpaired) electrons. The standard InChI is InChI=1S/C13H14BrNO2/c1-15-13(9-5-6-17-8-9)11-7-10(16-2)3-4-12(11)14/h3-8,13,15H,1-2H3. The van der Waals surface area contributed by atoms with E-state index in [4.69, 9.17) is 9.15 Å². The highest BCUT2D eigenvalue weighted by atomic mass is 79.9. The summed E-state index contributed by atoms with van der Waals surface area (Å²) in [7, 11) is 3.59. The molecule has 1 aromatic carbocycles. The van der Waals surface area contributed by atoms with E-state index in [1.807, 2.05) is 31.3 Å². The van der Waals surface area contributed by atoms with E-state index in [-0.39, 0.29) is 6.04 Å². The molecule has 1 aromatic heterocycles. The Labute approximate surface area is 109 Å². The number of rotatable bonds is 4. The first-order chi connectivity index (χ1) is 8.26. The van der Waals surface area contributed by atoms with Crippen LogP contribution in [-0.4, -0.2) is 14.2 Å². The fourth-order valence-corrected chi connectivity index (χ4v) is 2.29. The molecule has 0 saturated carbocycles. The Kier molecular flexibility index (Phi) is 3.86. The average Bonchev–Trinajstić information content (AvgIpc) is 2.86. The number of halogens is 1. The summed E-state index contributed by atoms with van der Waals surface area (Å²) >= 11 is 3.56. The van der Waals surface area contributed by atoms with Gasteiger partial charge >= 0.3 is 0 Å². The van der Waals surface area contributed by atoms with Crippen LogP contribution in [0.2, 0.25) is 0 Å². The van der Waals surface area contributed by atoms with E-state index in [9.17, 15) is 0 Å². The minimum atomic E-state index is 0.0817. The van der Waals surface area contributed by atoms with Crippen molar-refractivity contribution in [2.75, 3.05) is 14.2 Å². The predicted octanol–water partition coefficient (Wildman–Crippen LogP) is 3.36. The summed E-state index contributed by atoms with van der Waals surface area (Å²) in [6.07, 6.45) is 3.42. The van der Waals surface area contributed by atoms with E-state index >= 15 is 0 Å². The van der Waals surface area contributed by atoms with Gasteiger partial charge in [-0.1, -0.05) is 15.9 Å². The van der Waals surface area contributed by atoms with Gasteiger partial charge in [-0.05, 0) is 36.9 Å². The van der Waals surface area contributed by atoms with Crippen LogP contribution in [0.4, 0.5) is 0 Å². The first-order valence-electron chi connectivity index (χ1n) is 5.29. The summed E-state index contributed by atoms with van der Waals surface area (Å²) in [4.78, 5) is 0. The molecule has 0 fully saturated rings.